The van der Waals surface area contributed by atoms with Gasteiger partial charge < -0.3 is 9.47 Å². The molecule has 0 radical (unpaired) electrons. The molecule has 2 N–H and O–H groups in total. The Morgan fingerprint density at radius 1 is 1.31 bits per heavy atom. The molecule has 0 aromatic heterocycles. The summed E-state index contributed by atoms with van der Waals surface area (Å²) in [7, 11) is 0. The molecule has 0 fully saturated rings. The average Bonchev–Trinajstić information content (AvgIpc) is 2.08. The van der Waals surface area contributed by atoms with Crippen LogP contribution in [0.2, 0.25) is 0 Å². The van der Waals surface area contributed by atoms with E-state index in [4.69, 9.17) is 15.2 Å². The third-order valence-electron chi connectivity index (χ3n) is 1.46. The lowest BCUT2D eigenvalue weighted by Gasteiger charge is -2.13. The van der Waals surface area contributed by atoms with Gasteiger partial charge in [0.15, 0.2) is 11.5 Å². The maximum atomic E-state index is 5.51. The van der Waals surface area contributed by atoms with Crippen molar-refractivity contribution in [2.24, 2.45) is 5.73 Å². The largest absolute Gasteiger partial charge is 0.490 e. The predicted octanol–water partition coefficient (Wildman–Crippen LogP) is 1.77. The van der Waals surface area contributed by atoms with Crippen molar-refractivity contribution in [1.82, 2.24) is 0 Å². The van der Waals surface area contributed by atoms with E-state index in [1.54, 1.807) is 6.92 Å². The Morgan fingerprint density at radius 3 is 2.46 bits per heavy atom. The second-order valence-electron chi connectivity index (χ2n) is 2.70. The van der Waals surface area contributed by atoms with Crippen LogP contribution in [0.5, 0.6) is 11.5 Å². The molecule has 0 heterocycles. The van der Waals surface area contributed by atoms with Gasteiger partial charge in [-0.15, -0.1) is 0 Å². The molecule has 0 spiro atoms. The Bertz CT molecular complexity index is 261. The van der Waals surface area contributed by atoms with Crippen LogP contribution in [0.1, 0.15) is 13.8 Å². The van der Waals surface area contributed by atoms with E-state index < -0.39 is 0 Å². The number of nitrogens with two attached hydrogens (primary N) is 1. The fraction of sp³-hybridized carbons (Fsp3) is 0.400. The van der Waals surface area contributed by atoms with Gasteiger partial charge in [0.05, 0.1) is 6.61 Å². The van der Waals surface area contributed by atoms with E-state index in [0.717, 1.165) is 5.75 Å². The standard InChI is InChI=1S/C10H15NO2/c1-3-12-9-6-4-5-7-10(9)13-8(2)11/h4-8H,3,11H2,1-2H3. The normalized spacial score (nSPS) is 12.2. The van der Waals surface area contributed by atoms with Gasteiger partial charge in [0.2, 0.25) is 0 Å². The molecule has 0 aliphatic heterocycles. The summed E-state index contributed by atoms with van der Waals surface area (Å²) in [6.45, 7) is 4.34. The Labute approximate surface area is 78.5 Å². The van der Waals surface area contributed by atoms with E-state index in [1.807, 2.05) is 31.2 Å². The number of hydrogen-bond donors (Lipinski definition) is 1. The molecule has 72 valence electrons. The van der Waals surface area contributed by atoms with Crippen LogP contribution in [0.4, 0.5) is 0 Å². The summed E-state index contributed by atoms with van der Waals surface area (Å²) >= 11 is 0. The second kappa shape index (κ2) is 4.72. The average molecular weight is 181 g/mol. The third kappa shape index (κ3) is 2.95. The van der Waals surface area contributed by atoms with Crippen LogP contribution in [0.15, 0.2) is 24.3 Å². The molecule has 1 rings (SSSR count). The Morgan fingerprint density at radius 2 is 1.92 bits per heavy atom. The Balaban J connectivity index is 2.78. The van der Waals surface area contributed by atoms with Crippen LogP contribution in [0, 0.1) is 0 Å². The van der Waals surface area contributed by atoms with Crippen molar-refractivity contribution in [2.45, 2.75) is 20.1 Å². The number of benzene rings is 1. The van der Waals surface area contributed by atoms with E-state index in [-0.39, 0.29) is 6.23 Å². The van der Waals surface area contributed by atoms with Crippen molar-refractivity contribution in [3.8, 4) is 11.5 Å². The molecule has 0 saturated heterocycles. The van der Waals surface area contributed by atoms with Gasteiger partial charge in [-0.05, 0) is 26.0 Å². The molecular weight excluding hydrogens is 166 g/mol. The van der Waals surface area contributed by atoms with Crippen molar-refractivity contribution in [2.75, 3.05) is 6.61 Å². The van der Waals surface area contributed by atoms with Gasteiger partial charge >= 0.3 is 0 Å². The first-order valence-electron chi connectivity index (χ1n) is 4.38. The molecule has 3 nitrogen and oxygen atoms in total. The highest BCUT2D eigenvalue weighted by Crippen LogP contribution is 2.26. The summed E-state index contributed by atoms with van der Waals surface area (Å²) in [5.41, 5.74) is 5.51. The van der Waals surface area contributed by atoms with E-state index >= 15 is 0 Å². The molecule has 1 unspecified atom stereocenters. The second-order valence-corrected chi connectivity index (χ2v) is 2.70. The van der Waals surface area contributed by atoms with Crippen LogP contribution in [-0.4, -0.2) is 12.8 Å². The van der Waals surface area contributed by atoms with Crippen LogP contribution in [0.3, 0.4) is 0 Å². The van der Waals surface area contributed by atoms with Gasteiger partial charge in [-0.25, -0.2) is 0 Å². The summed E-state index contributed by atoms with van der Waals surface area (Å²) in [4.78, 5) is 0. The zero-order valence-corrected chi connectivity index (χ0v) is 7.99. The van der Waals surface area contributed by atoms with Crippen molar-refractivity contribution in [3.05, 3.63) is 24.3 Å². The topological polar surface area (TPSA) is 44.5 Å². The van der Waals surface area contributed by atoms with Crippen molar-refractivity contribution < 1.29 is 9.47 Å². The lowest BCUT2D eigenvalue weighted by molar-refractivity contribution is 0.213. The fourth-order valence-corrected chi connectivity index (χ4v) is 1.02. The first-order valence-corrected chi connectivity index (χ1v) is 4.38. The van der Waals surface area contributed by atoms with Gasteiger partial charge in [-0.2, -0.15) is 0 Å². The lowest BCUT2D eigenvalue weighted by Crippen LogP contribution is -2.22. The quantitative estimate of drug-likeness (QED) is 0.720. The van der Waals surface area contributed by atoms with Crippen LogP contribution in [0.25, 0.3) is 0 Å². The van der Waals surface area contributed by atoms with E-state index in [1.165, 1.54) is 0 Å². The third-order valence-corrected chi connectivity index (χ3v) is 1.46. The van der Waals surface area contributed by atoms with E-state index in [9.17, 15) is 0 Å². The Hall–Kier alpha value is -1.22. The minimum atomic E-state index is -0.318. The highest BCUT2D eigenvalue weighted by molar-refractivity contribution is 5.39. The first-order chi connectivity index (χ1) is 6.24. The summed E-state index contributed by atoms with van der Waals surface area (Å²) in [5, 5.41) is 0. The summed E-state index contributed by atoms with van der Waals surface area (Å²) in [6.07, 6.45) is -0.318. The van der Waals surface area contributed by atoms with E-state index in [0.29, 0.717) is 12.4 Å². The number of hydrogen-bond acceptors (Lipinski definition) is 3. The number of para-hydroxylation sites is 2. The molecule has 1 atom stereocenters. The zero-order chi connectivity index (χ0) is 9.68. The molecule has 13 heavy (non-hydrogen) atoms. The fourth-order valence-electron chi connectivity index (χ4n) is 1.02. The molecule has 0 saturated carbocycles. The summed E-state index contributed by atoms with van der Waals surface area (Å²) in [6, 6.07) is 7.49. The maximum absolute atomic E-state index is 5.51. The highest BCUT2D eigenvalue weighted by atomic mass is 16.5. The first kappa shape index (κ1) is 9.86. The minimum Gasteiger partial charge on any atom is -0.490 e. The summed E-state index contributed by atoms with van der Waals surface area (Å²) in [5.74, 6) is 1.43. The molecule has 0 aliphatic rings. The van der Waals surface area contributed by atoms with Gasteiger partial charge in [0.25, 0.3) is 0 Å². The smallest absolute Gasteiger partial charge is 0.163 e. The lowest BCUT2D eigenvalue weighted by atomic mass is 10.3. The van der Waals surface area contributed by atoms with Gasteiger partial charge in [0.1, 0.15) is 6.23 Å². The molecule has 3 heteroatoms. The van der Waals surface area contributed by atoms with Crippen LogP contribution >= 0.6 is 0 Å². The molecule has 1 aromatic carbocycles. The zero-order valence-electron chi connectivity index (χ0n) is 7.99. The van der Waals surface area contributed by atoms with Gasteiger partial charge in [-0.1, -0.05) is 12.1 Å². The molecular formula is C10H15NO2. The highest BCUT2D eigenvalue weighted by Gasteiger charge is 2.04. The maximum Gasteiger partial charge on any atom is 0.163 e. The SMILES string of the molecule is CCOc1ccccc1OC(C)N. The number of rotatable bonds is 4. The number of ether oxygens (including phenoxy) is 2. The monoisotopic (exact) mass is 181 g/mol. The van der Waals surface area contributed by atoms with Crippen molar-refractivity contribution in [1.29, 1.82) is 0 Å². The van der Waals surface area contributed by atoms with Crippen molar-refractivity contribution in [3.63, 3.8) is 0 Å². The molecule has 0 amide bonds. The molecule has 0 bridgehead atoms. The molecule has 0 aliphatic carbocycles. The van der Waals surface area contributed by atoms with Crippen LogP contribution in [-0.2, 0) is 0 Å². The predicted molar refractivity (Wildman–Crippen MR) is 51.9 cm³/mol. The Kier molecular flexibility index (Phi) is 3.58. The van der Waals surface area contributed by atoms with E-state index in [2.05, 4.69) is 0 Å². The summed E-state index contributed by atoms with van der Waals surface area (Å²) < 4.78 is 10.7. The minimum absolute atomic E-state index is 0.318. The van der Waals surface area contributed by atoms with Crippen molar-refractivity contribution >= 4 is 0 Å². The van der Waals surface area contributed by atoms with Gasteiger partial charge in [-0.3, -0.25) is 5.73 Å². The van der Waals surface area contributed by atoms with Crippen LogP contribution < -0.4 is 15.2 Å². The molecule has 1 aromatic rings. The van der Waals surface area contributed by atoms with Gasteiger partial charge in [0, 0.05) is 0 Å².